The van der Waals surface area contributed by atoms with Crippen molar-refractivity contribution in [2.24, 2.45) is 0 Å². The molecule has 1 aliphatic rings. The van der Waals surface area contributed by atoms with E-state index in [2.05, 4.69) is 35.2 Å². The molecule has 6 heteroatoms. The monoisotopic (exact) mass is 502 g/mol. The van der Waals surface area contributed by atoms with Gasteiger partial charge in [0.2, 0.25) is 0 Å². The van der Waals surface area contributed by atoms with E-state index < -0.39 is 0 Å². The fraction of sp³-hybridized carbons (Fsp3) is 0.357. The zero-order chi connectivity index (χ0) is 24.9. The van der Waals surface area contributed by atoms with Gasteiger partial charge in [-0.15, -0.1) is 0 Å². The van der Waals surface area contributed by atoms with Gasteiger partial charge >= 0.3 is 0 Å². The van der Waals surface area contributed by atoms with Crippen LogP contribution in [0.1, 0.15) is 43.2 Å². The number of aliphatic hydroxyl groups is 1. The molecule has 0 bridgehead atoms. The van der Waals surface area contributed by atoms with Crippen molar-refractivity contribution in [3.63, 3.8) is 0 Å². The van der Waals surface area contributed by atoms with Gasteiger partial charge in [-0.25, -0.2) is 0 Å². The van der Waals surface area contributed by atoms with Crippen LogP contribution in [0.3, 0.4) is 0 Å². The molecule has 1 saturated heterocycles. The van der Waals surface area contributed by atoms with Crippen LogP contribution in [-0.4, -0.2) is 36.3 Å². The predicted molar refractivity (Wildman–Crippen MR) is 144 cm³/mol. The highest BCUT2D eigenvalue weighted by Gasteiger charge is 2.33. The van der Waals surface area contributed by atoms with Gasteiger partial charge in [0.15, 0.2) is 0 Å². The van der Waals surface area contributed by atoms with Crippen molar-refractivity contribution in [3.05, 3.63) is 99.5 Å². The zero-order valence-corrected chi connectivity index (χ0v) is 21.8. The summed E-state index contributed by atoms with van der Waals surface area (Å²) in [7, 11) is 1.00. The van der Waals surface area contributed by atoms with Gasteiger partial charge in [0.1, 0.15) is 6.23 Å². The Balaban J connectivity index is 0.000000970. The van der Waals surface area contributed by atoms with Gasteiger partial charge in [-0.1, -0.05) is 91.6 Å². The lowest BCUT2D eigenvalue weighted by atomic mass is 10.0. The quantitative estimate of drug-likeness (QED) is 0.349. The number of aliphatic hydroxyl groups excluding tert-OH is 1. The summed E-state index contributed by atoms with van der Waals surface area (Å²) in [6.07, 6.45) is 2.89. The Bertz CT molecular complexity index is 985. The van der Waals surface area contributed by atoms with Crippen LogP contribution in [0.25, 0.3) is 0 Å². The number of hydrogen-bond donors (Lipinski definition) is 2. The van der Waals surface area contributed by atoms with Crippen LogP contribution in [0.2, 0.25) is 10.0 Å². The van der Waals surface area contributed by atoms with Crippen molar-refractivity contribution in [1.82, 2.24) is 4.90 Å². The third kappa shape index (κ3) is 8.00. The number of halogens is 2. The second-order valence-corrected chi connectivity index (χ2v) is 8.57. The molecule has 1 heterocycles. The van der Waals surface area contributed by atoms with Gasteiger partial charge in [-0.05, 0) is 54.2 Å². The van der Waals surface area contributed by atoms with Crippen LogP contribution in [0.15, 0.2) is 72.8 Å². The maximum absolute atomic E-state index is 7.00. The van der Waals surface area contributed by atoms with E-state index in [1.807, 2.05) is 56.3 Å². The van der Waals surface area contributed by atoms with E-state index in [1.54, 1.807) is 0 Å². The van der Waals surface area contributed by atoms with Gasteiger partial charge < -0.3 is 15.6 Å². The van der Waals surface area contributed by atoms with E-state index in [9.17, 15) is 0 Å². The first kappa shape index (κ1) is 28.2. The minimum Gasteiger partial charge on any atom is -0.400 e. The van der Waals surface area contributed by atoms with E-state index in [0.717, 1.165) is 45.1 Å². The SMILES string of the molecule is CC.CO.Nc1ccccc1CCC1CN(CCc2ccc(Cl)c(Cl)c2)C(c2ccccc2)O1. The Morgan fingerprint density at radius 1 is 0.912 bits per heavy atom. The summed E-state index contributed by atoms with van der Waals surface area (Å²) in [4.78, 5) is 2.41. The fourth-order valence-electron chi connectivity index (χ4n) is 3.99. The van der Waals surface area contributed by atoms with Gasteiger partial charge in [0, 0.05) is 25.9 Å². The predicted octanol–water partition coefficient (Wildman–Crippen LogP) is 6.79. The van der Waals surface area contributed by atoms with E-state index in [0.29, 0.717) is 10.0 Å². The number of hydrogen-bond acceptors (Lipinski definition) is 4. The number of rotatable bonds is 7. The molecule has 4 rings (SSSR count). The standard InChI is InChI=1S/C25H26Cl2N2O.C2H6.CH4O/c26-22-13-10-18(16-23(22)27)14-15-29-17-21(12-11-19-6-4-5-9-24(19)28)30-25(29)20-7-2-1-3-8-20;2*1-2/h1-10,13,16,21,25H,11-12,14-15,17,28H2;1-2H3;2H,1H3. The highest BCUT2D eigenvalue weighted by Crippen LogP contribution is 2.32. The van der Waals surface area contributed by atoms with Crippen molar-refractivity contribution in [2.75, 3.05) is 25.9 Å². The first-order valence-corrected chi connectivity index (χ1v) is 12.5. The third-order valence-electron chi connectivity index (χ3n) is 5.64. The van der Waals surface area contributed by atoms with Gasteiger partial charge in [-0.2, -0.15) is 0 Å². The summed E-state index contributed by atoms with van der Waals surface area (Å²) < 4.78 is 6.49. The molecular formula is C28H36Cl2N2O2. The number of aryl methyl sites for hydroxylation is 1. The molecule has 3 aromatic carbocycles. The first-order chi connectivity index (χ1) is 16.6. The molecule has 1 fully saturated rings. The molecule has 184 valence electrons. The number of benzene rings is 3. The van der Waals surface area contributed by atoms with E-state index in [-0.39, 0.29) is 12.3 Å². The number of para-hydroxylation sites is 1. The van der Waals surface area contributed by atoms with Crippen LogP contribution in [0.4, 0.5) is 5.69 Å². The largest absolute Gasteiger partial charge is 0.400 e. The number of nitrogen functional groups attached to an aromatic ring is 1. The Hall–Kier alpha value is -2.08. The van der Waals surface area contributed by atoms with Crippen LogP contribution in [-0.2, 0) is 17.6 Å². The Kier molecular flexibility index (Phi) is 12.4. The summed E-state index contributed by atoms with van der Waals surface area (Å²) in [5, 5.41) is 8.19. The molecule has 34 heavy (non-hydrogen) atoms. The molecule has 4 nitrogen and oxygen atoms in total. The van der Waals surface area contributed by atoms with Gasteiger partial charge in [0.25, 0.3) is 0 Å². The lowest BCUT2D eigenvalue weighted by molar-refractivity contribution is -0.00349. The molecule has 0 spiro atoms. The smallest absolute Gasteiger partial charge is 0.137 e. The summed E-state index contributed by atoms with van der Waals surface area (Å²) in [5.41, 5.74) is 10.5. The van der Waals surface area contributed by atoms with E-state index in [1.165, 1.54) is 16.7 Å². The van der Waals surface area contributed by atoms with Crippen LogP contribution < -0.4 is 5.73 Å². The Labute approximate surface area is 214 Å². The normalized spacial score (nSPS) is 17.4. The number of nitrogens with zero attached hydrogens (tertiary/aromatic N) is 1. The molecule has 0 aliphatic carbocycles. The summed E-state index contributed by atoms with van der Waals surface area (Å²) >= 11 is 12.2. The highest BCUT2D eigenvalue weighted by molar-refractivity contribution is 6.42. The Morgan fingerprint density at radius 3 is 2.26 bits per heavy atom. The van der Waals surface area contributed by atoms with E-state index >= 15 is 0 Å². The van der Waals surface area contributed by atoms with Crippen LogP contribution in [0.5, 0.6) is 0 Å². The molecule has 3 N–H and O–H groups in total. The highest BCUT2D eigenvalue weighted by atomic mass is 35.5. The molecule has 2 unspecified atom stereocenters. The van der Waals surface area contributed by atoms with Crippen LogP contribution in [0, 0.1) is 0 Å². The topological polar surface area (TPSA) is 58.7 Å². The molecule has 0 amide bonds. The second-order valence-electron chi connectivity index (χ2n) is 7.75. The molecule has 0 saturated carbocycles. The minimum atomic E-state index is -0.0351. The average Bonchev–Trinajstić information content (AvgIpc) is 3.30. The zero-order valence-electron chi connectivity index (χ0n) is 20.3. The maximum atomic E-state index is 7.00. The number of anilines is 1. The third-order valence-corrected chi connectivity index (χ3v) is 6.38. The lowest BCUT2D eigenvalue weighted by Gasteiger charge is -2.23. The average molecular weight is 504 g/mol. The van der Waals surface area contributed by atoms with E-state index in [4.69, 9.17) is 38.8 Å². The second kappa shape index (κ2) is 15.0. The first-order valence-electron chi connectivity index (χ1n) is 11.8. The lowest BCUT2D eigenvalue weighted by Crippen LogP contribution is -2.27. The molecule has 3 aromatic rings. The summed E-state index contributed by atoms with van der Waals surface area (Å²) in [6, 6.07) is 24.4. The van der Waals surface area contributed by atoms with Crippen molar-refractivity contribution in [3.8, 4) is 0 Å². The molecule has 0 aromatic heterocycles. The minimum absolute atomic E-state index is 0.0351. The van der Waals surface area contributed by atoms with Gasteiger partial charge in [0.05, 0.1) is 16.1 Å². The molecule has 2 atom stereocenters. The van der Waals surface area contributed by atoms with Crippen molar-refractivity contribution in [2.45, 2.75) is 45.4 Å². The Morgan fingerprint density at radius 2 is 1.59 bits per heavy atom. The number of nitrogens with two attached hydrogens (primary N) is 1. The molecular weight excluding hydrogens is 467 g/mol. The summed E-state index contributed by atoms with van der Waals surface area (Å²) in [5.74, 6) is 0. The van der Waals surface area contributed by atoms with Crippen molar-refractivity contribution in [1.29, 1.82) is 0 Å². The number of ether oxygens (including phenoxy) is 1. The molecule has 0 radical (unpaired) electrons. The maximum Gasteiger partial charge on any atom is 0.137 e. The molecule has 1 aliphatic heterocycles. The van der Waals surface area contributed by atoms with Crippen molar-refractivity contribution < 1.29 is 9.84 Å². The van der Waals surface area contributed by atoms with Crippen molar-refractivity contribution >= 4 is 28.9 Å². The van der Waals surface area contributed by atoms with Crippen LogP contribution >= 0.6 is 23.2 Å². The summed E-state index contributed by atoms with van der Waals surface area (Å²) in [6.45, 7) is 5.79. The van der Waals surface area contributed by atoms with Gasteiger partial charge in [-0.3, -0.25) is 4.90 Å². The fourth-order valence-corrected chi connectivity index (χ4v) is 4.31.